The van der Waals surface area contributed by atoms with Crippen molar-refractivity contribution >= 4 is 39.2 Å². The van der Waals surface area contributed by atoms with Gasteiger partial charge in [0.05, 0.1) is 28.3 Å². The van der Waals surface area contributed by atoms with Crippen LogP contribution in [0.4, 0.5) is 0 Å². The van der Waals surface area contributed by atoms with Gasteiger partial charge in [0.15, 0.2) is 0 Å². The predicted molar refractivity (Wildman–Crippen MR) is 163 cm³/mol. The average Bonchev–Trinajstić information content (AvgIpc) is 3.00. The van der Waals surface area contributed by atoms with Crippen LogP contribution in [0, 0.1) is 0 Å². The Morgan fingerprint density at radius 3 is 1.50 bits per heavy atom. The van der Waals surface area contributed by atoms with Gasteiger partial charge in [-0.05, 0) is 58.7 Å². The van der Waals surface area contributed by atoms with Gasteiger partial charge in [-0.15, -0.1) is 0 Å². The van der Waals surface area contributed by atoms with E-state index in [0.29, 0.717) is 0 Å². The monoisotopic (exact) mass is 527 g/mol. The molecule has 38 heavy (non-hydrogen) atoms. The third-order valence-electron chi connectivity index (χ3n) is 6.30. The summed E-state index contributed by atoms with van der Waals surface area (Å²) in [4.78, 5) is 2.21. The maximum absolute atomic E-state index is 7.12. The maximum Gasteiger partial charge on any atom is 0.361 e. The normalized spacial score (nSPS) is 14.4. The molecule has 0 N–H and O–H groups in total. The second-order valence-corrected chi connectivity index (χ2v) is 10.4. The molecule has 6 rings (SSSR count). The molecule has 1 aromatic heterocycles. The molecule has 0 spiro atoms. The van der Waals surface area contributed by atoms with Gasteiger partial charge < -0.3 is 0 Å². The summed E-state index contributed by atoms with van der Waals surface area (Å²) in [5.41, 5.74) is 6.30. The van der Waals surface area contributed by atoms with Gasteiger partial charge in [0.1, 0.15) is 0 Å². The van der Waals surface area contributed by atoms with Crippen LogP contribution in [0.1, 0.15) is 16.7 Å². The fourth-order valence-electron chi connectivity index (χ4n) is 4.42. The standard InChI is InChI=1S/C35H24ClOS/c36-34-30(24-33(28-17-9-3-10-18-28)38-35(34)29-19-11-4-12-20-29)21-25-22-31(26-13-5-1-6-14-26)37-32(23-25)27-15-7-2-8-16-27/h1-24H/q+1. The number of rotatable bonds is 5. The molecule has 0 saturated heterocycles. The van der Waals surface area contributed by atoms with Crippen LogP contribution in [0.25, 0.3) is 38.5 Å². The van der Waals surface area contributed by atoms with Gasteiger partial charge >= 0.3 is 11.5 Å². The molecule has 0 atom stereocenters. The first-order valence-electron chi connectivity index (χ1n) is 12.5. The van der Waals surface area contributed by atoms with Crippen molar-refractivity contribution in [1.29, 1.82) is 0 Å². The molecule has 3 heteroatoms. The fourth-order valence-corrected chi connectivity index (χ4v) is 5.87. The van der Waals surface area contributed by atoms with Gasteiger partial charge in [-0.25, -0.2) is 4.42 Å². The minimum absolute atomic E-state index is 0.740. The second-order valence-electron chi connectivity index (χ2n) is 8.94. The van der Waals surface area contributed by atoms with E-state index in [2.05, 4.69) is 84.9 Å². The molecule has 182 valence electrons. The van der Waals surface area contributed by atoms with Crippen molar-refractivity contribution in [3.63, 3.8) is 0 Å². The van der Waals surface area contributed by atoms with E-state index in [0.717, 1.165) is 54.2 Å². The highest BCUT2D eigenvalue weighted by molar-refractivity contribution is 8.16. The molecular weight excluding hydrogens is 504 g/mol. The van der Waals surface area contributed by atoms with Crippen molar-refractivity contribution in [2.75, 3.05) is 0 Å². The number of allylic oxidation sites excluding steroid dienone is 3. The minimum Gasteiger partial charge on any atom is -0.207 e. The predicted octanol–water partition coefficient (Wildman–Crippen LogP) is 10.7. The summed E-state index contributed by atoms with van der Waals surface area (Å²) >= 11 is 8.83. The van der Waals surface area contributed by atoms with Crippen LogP contribution in [0.3, 0.4) is 0 Å². The molecule has 0 bridgehead atoms. The zero-order valence-electron chi connectivity index (χ0n) is 20.6. The van der Waals surface area contributed by atoms with E-state index in [-0.39, 0.29) is 0 Å². The second kappa shape index (κ2) is 11.1. The topological polar surface area (TPSA) is 11.3 Å². The van der Waals surface area contributed by atoms with Gasteiger partial charge in [-0.1, -0.05) is 120 Å². The van der Waals surface area contributed by atoms with Crippen LogP contribution < -0.4 is 0 Å². The van der Waals surface area contributed by atoms with Gasteiger partial charge in [0.2, 0.25) is 0 Å². The van der Waals surface area contributed by atoms with E-state index >= 15 is 0 Å². The third-order valence-corrected chi connectivity index (χ3v) is 8.04. The lowest BCUT2D eigenvalue weighted by atomic mass is 10.0. The summed E-state index contributed by atoms with van der Waals surface area (Å²) in [7, 11) is 0. The number of thioether (sulfide) groups is 1. The molecule has 1 aliphatic heterocycles. The Kier molecular flexibility index (Phi) is 7.08. The van der Waals surface area contributed by atoms with E-state index in [1.54, 1.807) is 11.8 Å². The van der Waals surface area contributed by atoms with E-state index in [1.165, 1.54) is 5.56 Å². The Hall–Kier alpha value is -4.11. The number of halogens is 1. The lowest BCUT2D eigenvalue weighted by Gasteiger charge is -2.20. The number of hydrogen-bond donors (Lipinski definition) is 0. The smallest absolute Gasteiger partial charge is 0.207 e. The van der Waals surface area contributed by atoms with E-state index in [9.17, 15) is 0 Å². The molecule has 1 nitrogen and oxygen atoms in total. The fraction of sp³-hybridized carbons (Fsp3) is 0. The SMILES string of the molecule is ClC1=C(c2ccccc2)SC(c2ccccc2)=CC1=Cc1cc(-c2ccccc2)[o+]c(-c2ccccc2)c1. The van der Waals surface area contributed by atoms with Crippen molar-refractivity contribution < 1.29 is 4.42 Å². The Morgan fingerprint density at radius 1 is 0.553 bits per heavy atom. The molecule has 0 amide bonds. The van der Waals surface area contributed by atoms with Crippen molar-refractivity contribution in [2.45, 2.75) is 0 Å². The first-order valence-corrected chi connectivity index (χ1v) is 13.7. The molecule has 0 radical (unpaired) electrons. The summed E-state index contributed by atoms with van der Waals surface area (Å²) in [6.45, 7) is 0. The summed E-state index contributed by atoms with van der Waals surface area (Å²) in [6.07, 6.45) is 4.34. The molecule has 1 aliphatic rings. The Balaban J connectivity index is 1.53. The molecule has 4 aromatic carbocycles. The molecule has 2 heterocycles. The highest BCUT2D eigenvalue weighted by Crippen LogP contribution is 2.49. The van der Waals surface area contributed by atoms with Crippen molar-refractivity contribution in [2.24, 2.45) is 0 Å². The number of hydrogen-bond acceptors (Lipinski definition) is 1. The Bertz CT molecular complexity index is 1600. The first-order chi connectivity index (χ1) is 18.7. The van der Waals surface area contributed by atoms with Crippen LogP contribution in [-0.4, -0.2) is 0 Å². The van der Waals surface area contributed by atoms with Crippen molar-refractivity contribution in [3.8, 4) is 22.6 Å². The third kappa shape index (κ3) is 5.28. The average molecular weight is 528 g/mol. The lowest BCUT2D eigenvalue weighted by molar-refractivity contribution is 0.581. The molecule has 5 aromatic rings. The minimum atomic E-state index is 0.740. The van der Waals surface area contributed by atoms with Crippen LogP contribution in [0.15, 0.2) is 155 Å². The molecule has 0 fully saturated rings. The summed E-state index contributed by atoms with van der Waals surface area (Å²) in [6, 6.07) is 45.4. The van der Waals surface area contributed by atoms with E-state index in [4.69, 9.17) is 16.0 Å². The number of benzene rings is 4. The van der Waals surface area contributed by atoms with Crippen LogP contribution >= 0.6 is 23.4 Å². The summed E-state index contributed by atoms with van der Waals surface area (Å²) < 4.78 is 6.39. The molecule has 0 saturated carbocycles. The zero-order chi connectivity index (χ0) is 25.7. The maximum atomic E-state index is 7.12. The van der Waals surface area contributed by atoms with Gasteiger partial charge in [0, 0.05) is 9.81 Å². The molecule has 0 unspecified atom stereocenters. The van der Waals surface area contributed by atoms with Crippen LogP contribution in [0.2, 0.25) is 0 Å². The van der Waals surface area contributed by atoms with Crippen LogP contribution in [-0.2, 0) is 0 Å². The first kappa shape index (κ1) is 24.2. The van der Waals surface area contributed by atoms with E-state index < -0.39 is 0 Å². The summed E-state index contributed by atoms with van der Waals surface area (Å²) in [5.74, 6) is 1.61. The lowest BCUT2D eigenvalue weighted by Crippen LogP contribution is -1.95. The largest absolute Gasteiger partial charge is 0.361 e. The highest BCUT2D eigenvalue weighted by atomic mass is 35.5. The highest BCUT2D eigenvalue weighted by Gasteiger charge is 2.23. The molecular formula is C35H24ClOS+. The Morgan fingerprint density at radius 2 is 1.00 bits per heavy atom. The van der Waals surface area contributed by atoms with Gasteiger partial charge in [-0.2, -0.15) is 0 Å². The quantitative estimate of drug-likeness (QED) is 0.210. The van der Waals surface area contributed by atoms with Crippen molar-refractivity contribution in [3.05, 3.63) is 167 Å². The zero-order valence-corrected chi connectivity index (χ0v) is 22.1. The van der Waals surface area contributed by atoms with Gasteiger partial charge in [-0.3, -0.25) is 0 Å². The van der Waals surface area contributed by atoms with Crippen molar-refractivity contribution in [1.82, 2.24) is 0 Å². The van der Waals surface area contributed by atoms with Gasteiger partial charge in [0.25, 0.3) is 0 Å². The molecule has 0 aliphatic carbocycles. The summed E-state index contributed by atoms with van der Waals surface area (Å²) in [5, 5.41) is 0.740. The van der Waals surface area contributed by atoms with E-state index in [1.807, 2.05) is 60.7 Å². The van der Waals surface area contributed by atoms with Crippen LogP contribution in [0.5, 0.6) is 0 Å². The Labute approximate surface area is 232 Å².